The lowest BCUT2D eigenvalue weighted by Crippen LogP contribution is -2.45. The summed E-state index contributed by atoms with van der Waals surface area (Å²) in [5.41, 5.74) is 8.42. The fourth-order valence-corrected chi connectivity index (χ4v) is 3.08. The number of hydrogen-bond acceptors (Lipinski definition) is 3. The number of nitrogens with one attached hydrogen (secondary N) is 1. The topological polar surface area (TPSA) is 84.7 Å². The van der Waals surface area contributed by atoms with E-state index in [9.17, 15) is 9.59 Å². The molecule has 2 atom stereocenters. The van der Waals surface area contributed by atoms with Crippen LogP contribution < -0.4 is 15.8 Å². The maximum absolute atomic E-state index is 12.7. The van der Waals surface area contributed by atoms with Gasteiger partial charge in [0.15, 0.2) is 0 Å². The fourth-order valence-electron chi connectivity index (χ4n) is 3.08. The number of carbonyl (C=O) groups excluding carboxylic acids is 2. The van der Waals surface area contributed by atoms with E-state index in [-0.39, 0.29) is 12.1 Å². The zero-order valence-corrected chi connectivity index (χ0v) is 14.9. The molecule has 0 aliphatic carbocycles. The van der Waals surface area contributed by atoms with Gasteiger partial charge in [0.05, 0.1) is 6.54 Å². The third-order valence-electron chi connectivity index (χ3n) is 4.66. The Hall–Kier alpha value is -3.02. The van der Waals surface area contributed by atoms with Gasteiger partial charge < -0.3 is 20.7 Å². The highest BCUT2D eigenvalue weighted by atomic mass is 16.5. The maximum Gasteiger partial charge on any atom is 0.322 e. The second-order valence-electron chi connectivity index (χ2n) is 6.59. The molecule has 1 aliphatic rings. The molecule has 0 unspecified atom stereocenters. The van der Waals surface area contributed by atoms with Crippen LogP contribution in [0.2, 0.25) is 0 Å². The second-order valence-corrected chi connectivity index (χ2v) is 6.59. The highest BCUT2D eigenvalue weighted by Crippen LogP contribution is 2.24. The van der Waals surface area contributed by atoms with Crippen LogP contribution in [0.5, 0.6) is 5.75 Å². The van der Waals surface area contributed by atoms with Crippen molar-refractivity contribution < 1.29 is 14.3 Å². The van der Waals surface area contributed by atoms with Gasteiger partial charge in [0.1, 0.15) is 17.9 Å². The molecule has 0 aromatic heterocycles. The average Bonchev–Trinajstić information content (AvgIpc) is 3.03. The van der Waals surface area contributed by atoms with E-state index in [4.69, 9.17) is 10.5 Å². The molecular weight excluding hydrogens is 330 g/mol. The number of nitrogens with two attached hydrogens (primary N) is 1. The minimum absolute atomic E-state index is 0.277. The van der Waals surface area contributed by atoms with Crippen LogP contribution in [0.4, 0.5) is 10.5 Å². The van der Waals surface area contributed by atoms with Gasteiger partial charge in [-0.1, -0.05) is 24.3 Å². The Balaban J connectivity index is 1.70. The van der Waals surface area contributed by atoms with Gasteiger partial charge in [-0.3, -0.25) is 4.79 Å². The van der Waals surface area contributed by atoms with Gasteiger partial charge in [0.25, 0.3) is 0 Å². The highest BCUT2D eigenvalue weighted by molar-refractivity contribution is 5.94. The van der Waals surface area contributed by atoms with Crippen molar-refractivity contribution in [2.24, 2.45) is 5.73 Å². The van der Waals surface area contributed by atoms with E-state index in [0.717, 1.165) is 11.1 Å². The molecule has 136 valence electrons. The Bertz CT molecular complexity index is 807. The molecular formula is C20H23N3O3. The lowest BCUT2D eigenvalue weighted by Gasteiger charge is -2.22. The van der Waals surface area contributed by atoms with Crippen LogP contribution in [0, 0.1) is 13.8 Å². The summed E-state index contributed by atoms with van der Waals surface area (Å²) in [6.07, 6.45) is 0.102. The molecule has 6 heteroatoms. The number of benzene rings is 2. The predicted octanol–water partition coefficient (Wildman–Crippen LogP) is 2.84. The molecule has 1 heterocycles. The standard InChI is InChI=1S/C20H23N3O3/c1-13-8-9-15(10-14(13)2)22-20(25)23-12-17(11-18(23)19(21)24)26-16-6-4-3-5-7-16/h3-10,17-18H,11-12H2,1-2H3,(H2,21,24)(H,22,25)/t17-,18-/m0/s1. The van der Waals surface area contributed by atoms with Crippen LogP contribution in [0.15, 0.2) is 48.5 Å². The number of para-hydroxylation sites is 1. The Morgan fingerprint density at radius 2 is 1.85 bits per heavy atom. The second kappa shape index (κ2) is 7.47. The number of anilines is 1. The molecule has 2 aromatic carbocycles. The number of rotatable bonds is 4. The van der Waals surface area contributed by atoms with Gasteiger partial charge in [-0.2, -0.15) is 0 Å². The number of urea groups is 1. The van der Waals surface area contributed by atoms with E-state index >= 15 is 0 Å². The molecule has 1 saturated heterocycles. The summed E-state index contributed by atoms with van der Waals surface area (Å²) in [5, 5.41) is 2.84. The minimum Gasteiger partial charge on any atom is -0.488 e. The van der Waals surface area contributed by atoms with Crippen molar-refractivity contribution in [2.75, 3.05) is 11.9 Å². The van der Waals surface area contributed by atoms with Crippen LogP contribution in [0.25, 0.3) is 0 Å². The third kappa shape index (κ3) is 3.96. The van der Waals surface area contributed by atoms with E-state index in [0.29, 0.717) is 24.4 Å². The summed E-state index contributed by atoms with van der Waals surface area (Å²) in [5.74, 6) is 0.177. The summed E-state index contributed by atoms with van der Waals surface area (Å²) >= 11 is 0. The van der Waals surface area contributed by atoms with Crippen LogP contribution >= 0.6 is 0 Å². The fraction of sp³-hybridized carbons (Fsp3) is 0.300. The molecule has 26 heavy (non-hydrogen) atoms. The largest absolute Gasteiger partial charge is 0.488 e. The summed E-state index contributed by atoms with van der Waals surface area (Å²) in [4.78, 5) is 25.9. The lowest BCUT2D eigenvalue weighted by atomic mass is 10.1. The Morgan fingerprint density at radius 3 is 2.50 bits per heavy atom. The number of primary amides is 1. The van der Waals surface area contributed by atoms with E-state index in [1.807, 2.05) is 62.4 Å². The smallest absolute Gasteiger partial charge is 0.322 e. The molecule has 0 saturated carbocycles. The van der Waals surface area contributed by atoms with Crippen molar-refractivity contribution >= 4 is 17.6 Å². The Morgan fingerprint density at radius 1 is 1.12 bits per heavy atom. The van der Waals surface area contributed by atoms with Gasteiger partial charge >= 0.3 is 6.03 Å². The molecule has 2 aromatic rings. The van der Waals surface area contributed by atoms with E-state index < -0.39 is 11.9 Å². The van der Waals surface area contributed by atoms with Crippen LogP contribution in [-0.4, -0.2) is 35.5 Å². The highest BCUT2D eigenvalue weighted by Gasteiger charge is 2.39. The van der Waals surface area contributed by atoms with Crippen molar-refractivity contribution in [3.63, 3.8) is 0 Å². The number of carbonyl (C=O) groups is 2. The number of amides is 3. The monoisotopic (exact) mass is 353 g/mol. The molecule has 0 spiro atoms. The average molecular weight is 353 g/mol. The van der Waals surface area contributed by atoms with Gasteiger partial charge in [0.2, 0.25) is 5.91 Å². The van der Waals surface area contributed by atoms with Crippen molar-refractivity contribution in [3.8, 4) is 5.75 Å². The van der Waals surface area contributed by atoms with E-state index in [2.05, 4.69) is 5.32 Å². The SMILES string of the molecule is Cc1ccc(NC(=O)N2C[C@@H](Oc3ccccc3)C[C@H]2C(N)=O)cc1C. The molecule has 6 nitrogen and oxygen atoms in total. The Labute approximate surface area is 152 Å². The molecule has 3 amide bonds. The van der Waals surface area contributed by atoms with Gasteiger partial charge in [-0.15, -0.1) is 0 Å². The minimum atomic E-state index is -0.685. The first-order chi connectivity index (χ1) is 12.4. The molecule has 0 bridgehead atoms. The first-order valence-electron chi connectivity index (χ1n) is 8.60. The third-order valence-corrected chi connectivity index (χ3v) is 4.66. The zero-order chi connectivity index (χ0) is 18.7. The summed E-state index contributed by atoms with van der Waals surface area (Å²) in [6.45, 7) is 4.30. The van der Waals surface area contributed by atoms with Crippen molar-refractivity contribution in [1.82, 2.24) is 4.90 Å². The van der Waals surface area contributed by atoms with Gasteiger partial charge in [-0.25, -0.2) is 4.79 Å². The summed E-state index contributed by atoms with van der Waals surface area (Å²) in [6, 6.07) is 14.0. The van der Waals surface area contributed by atoms with Crippen molar-refractivity contribution in [1.29, 1.82) is 0 Å². The first-order valence-corrected chi connectivity index (χ1v) is 8.60. The molecule has 3 N–H and O–H groups in total. The molecule has 1 aliphatic heterocycles. The molecule has 3 rings (SSSR count). The van der Waals surface area contributed by atoms with Crippen LogP contribution in [0.1, 0.15) is 17.5 Å². The van der Waals surface area contributed by atoms with Gasteiger partial charge in [-0.05, 0) is 49.2 Å². The first kappa shape index (κ1) is 17.8. The van der Waals surface area contributed by atoms with Crippen LogP contribution in [-0.2, 0) is 4.79 Å². The summed E-state index contributed by atoms with van der Waals surface area (Å²) in [7, 11) is 0. The van der Waals surface area contributed by atoms with Crippen LogP contribution in [0.3, 0.4) is 0 Å². The van der Waals surface area contributed by atoms with E-state index in [1.54, 1.807) is 0 Å². The number of aryl methyl sites for hydroxylation is 2. The number of nitrogens with zero attached hydrogens (tertiary/aromatic N) is 1. The maximum atomic E-state index is 12.7. The zero-order valence-electron chi connectivity index (χ0n) is 14.9. The predicted molar refractivity (Wildman–Crippen MR) is 100 cm³/mol. The number of ether oxygens (including phenoxy) is 1. The summed E-state index contributed by atoms with van der Waals surface area (Å²) < 4.78 is 5.89. The number of hydrogen-bond donors (Lipinski definition) is 2. The van der Waals surface area contributed by atoms with Crippen molar-refractivity contribution in [3.05, 3.63) is 59.7 Å². The van der Waals surface area contributed by atoms with Gasteiger partial charge in [0, 0.05) is 12.1 Å². The van der Waals surface area contributed by atoms with E-state index in [1.165, 1.54) is 4.90 Å². The quantitative estimate of drug-likeness (QED) is 0.886. The van der Waals surface area contributed by atoms with Crippen molar-refractivity contribution in [2.45, 2.75) is 32.4 Å². The normalized spacial score (nSPS) is 19.2. The Kier molecular flexibility index (Phi) is 5.11. The number of likely N-dealkylation sites (tertiary alicyclic amines) is 1. The molecule has 1 fully saturated rings. The molecule has 0 radical (unpaired) electrons. The lowest BCUT2D eigenvalue weighted by molar-refractivity contribution is -0.121.